The number of Topliss-reactive ketones (excluding diaryl/α,β-unsaturated/α-hetero) is 2. The zero-order chi connectivity index (χ0) is 20.6. The van der Waals surface area contributed by atoms with E-state index in [-0.39, 0.29) is 21.7 Å². The summed E-state index contributed by atoms with van der Waals surface area (Å²) in [6.07, 6.45) is 7.56. The van der Waals surface area contributed by atoms with Crippen molar-refractivity contribution in [2.75, 3.05) is 0 Å². The summed E-state index contributed by atoms with van der Waals surface area (Å²) in [7, 11) is 0. The van der Waals surface area contributed by atoms with Gasteiger partial charge in [-0.2, -0.15) is 0 Å². The Morgan fingerprint density at radius 3 is 1.83 bits per heavy atom. The number of ketones is 2. The summed E-state index contributed by atoms with van der Waals surface area (Å²) < 4.78 is 0. The fraction of sp³-hybridized carbons (Fsp3) is 0.556. The summed E-state index contributed by atoms with van der Waals surface area (Å²) in [6.45, 7) is 11.1. The van der Waals surface area contributed by atoms with E-state index < -0.39 is 0 Å². The van der Waals surface area contributed by atoms with Crippen molar-refractivity contribution in [2.24, 2.45) is 39.4 Å². The van der Waals surface area contributed by atoms with E-state index in [4.69, 9.17) is 0 Å². The molecule has 0 amide bonds. The molecule has 0 radical (unpaired) electrons. The second kappa shape index (κ2) is 4.85. The number of fused-ring (bicyclic) bond motifs is 3. The van der Waals surface area contributed by atoms with Crippen LogP contribution in [-0.2, 0) is 9.59 Å². The van der Waals surface area contributed by atoms with Gasteiger partial charge in [-0.1, -0.05) is 58.9 Å². The van der Waals surface area contributed by atoms with E-state index in [9.17, 15) is 9.59 Å². The molecule has 1 aromatic rings. The Balaban J connectivity index is 1.29. The van der Waals surface area contributed by atoms with E-state index in [0.717, 1.165) is 35.1 Å². The molecule has 6 atom stereocenters. The Labute approximate surface area is 173 Å². The van der Waals surface area contributed by atoms with E-state index in [1.807, 2.05) is 0 Å². The van der Waals surface area contributed by atoms with Gasteiger partial charge in [0, 0.05) is 16.4 Å². The average Bonchev–Trinajstić information content (AvgIpc) is 2.80. The van der Waals surface area contributed by atoms with Crippen molar-refractivity contribution in [2.45, 2.75) is 53.9 Å². The largest absolute Gasteiger partial charge is 0.294 e. The Morgan fingerprint density at radius 1 is 0.828 bits per heavy atom. The molecule has 2 bridgehead atoms. The molecular formula is C27H30O2. The van der Waals surface area contributed by atoms with Crippen LogP contribution in [0.1, 0.15) is 65.0 Å². The van der Waals surface area contributed by atoms with Gasteiger partial charge in [0.15, 0.2) is 11.6 Å². The maximum absolute atomic E-state index is 13.1. The number of hydrogen-bond donors (Lipinski definition) is 0. The lowest BCUT2D eigenvalue weighted by Gasteiger charge is -2.33. The van der Waals surface area contributed by atoms with Crippen molar-refractivity contribution in [3.8, 4) is 0 Å². The van der Waals surface area contributed by atoms with Gasteiger partial charge in [0.25, 0.3) is 0 Å². The number of benzene rings is 1. The molecule has 5 saturated carbocycles. The molecule has 2 heteroatoms. The van der Waals surface area contributed by atoms with E-state index >= 15 is 0 Å². The fourth-order valence-corrected chi connectivity index (χ4v) is 7.96. The van der Waals surface area contributed by atoms with Crippen molar-refractivity contribution >= 4 is 23.7 Å². The smallest absolute Gasteiger partial charge is 0.165 e. The summed E-state index contributed by atoms with van der Waals surface area (Å²) in [5.41, 5.74) is 4.25. The highest BCUT2D eigenvalue weighted by atomic mass is 16.1. The third kappa shape index (κ3) is 1.70. The molecule has 5 fully saturated rings. The van der Waals surface area contributed by atoms with Gasteiger partial charge in [-0.15, -0.1) is 0 Å². The molecule has 1 aromatic carbocycles. The first kappa shape index (κ1) is 17.9. The lowest BCUT2D eigenvalue weighted by molar-refractivity contribution is -0.125. The van der Waals surface area contributed by atoms with E-state index in [0.29, 0.717) is 29.3 Å². The van der Waals surface area contributed by atoms with Crippen LogP contribution in [0, 0.1) is 39.4 Å². The Kier molecular flexibility index (Phi) is 2.99. The summed E-state index contributed by atoms with van der Waals surface area (Å²) >= 11 is 0. The molecule has 0 aliphatic heterocycles. The number of hydrogen-bond acceptors (Lipinski definition) is 2. The average molecular weight is 387 g/mol. The van der Waals surface area contributed by atoms with Crippen molar-refractivity contribution in [1.82, 2.24) is 0 Å². The van der Waals surface area contributed by atoms with Crippen LogP contribution in [-0.4, -0.2) is 11.6 Å². The van der Waals surface area contributed by atoms with Gasteiger partial charge in [0.05, 0.1) is 0 Å². The van der Waals surface area contributed by atoms with E-state index in [1.54, 1.807) is 0 Å². The third-order valence-electron chi connectivity index (χ3n) is 10.7. The predicted molar refractivity (Wildman–Crippen MR) is 115 cm³/mol. The molecule has 29 heavy (non-hydrogen) atoms. The fourth-order valence-electron chi connectivity index (χ4n) is 7.96. The van der Waals surface area contributed by atoms with Crippen LogP contribution < -0.4 is 0 Å². The van der Waals surface area contributed by atoms with Crippen LogP contribution >= 0.6 is 0 Å². The van der Waals surface area contributed by atoms with Crippen LogP contribution in [0.4, 0.5) is 0 Å². The zero-order valence-electron chi connectivity index (χ0n) is 18.1. The van der Waals surface area contributed by atoms with E-state index in [1.165, 1.54) is 6.42 Å². The van der Waals surface area contributed by atoms with E-state index in [2.05, 4.69) is 71.0 Å². The normalized spacial score (nSPS) is 48.4. The third-order valence-corrected chi connectivity index (χ3v) is 10.7. The second-order valence-electron chi connectivity index (χ2n) is 11.5. The van der Waals surface area contributed by atoms with Gasteiger partial charge < -0.3 is 0 Å². The predicted octanol–water partition coefficient (Wildman–Crippen LogP) is 5.72. The van der Waals surface area contributed by atoms with Crippen molar-refractivity contribution in [3.05, 3.63) is 46.5 Å². The first-order valence-corrected chi connectivity index (χ1v) is 11.2. The van der Waals surface area contributed by atoms with Crippen LogP contribution in [0.3, 0.4) is 0 Å². The number of carbonyl (C=O) groups excluding carboxylic acids is 2. The minimum atomic E-state index is -0.204. The second-order valence-corrected chi connectivity index (χ2v) is 11.5. The molecule has 150 valence electrons. The Hall–Kier alpha value is -1.96. The summed E-state index contributed by atoms with van der Waals surface area (Å²) in [6, 6.07) is 8.40. The number of rotatable bonds is 2. The molecule has 5 aliphatic carbocycles. The van der Waals surface area contributed by atoms with Crippen LogP contribution in [0.5, 0.6) is 0 Å². The van der Waals surface area contributed by atoms with Crippen molar-refractivity contribution in [3.63, 3.8) is 0 Å². The van der Waals surface area contributed by atoms with Crippen LogP contribution in [0.25, 0.3) is 12.2 Å². The first-order chi connectivity index (χ1) is 13.6. The molecule has 0 saturated heterocycles. The molecule has 0 N–H and O–H groups in total. The van der Waals surface area contributed by atoms with Crippen molar-refractivity contribution in [1.29, 1.82) is 0 Å². The zero-order valence-corrected chi connectivity index (χ0v) is 18.1. The standard InChI is InChI=1S/C27H30O2/c1-24(2)19-10-11-25(24,3)22(28)17(19)12-15-6-8-16(9-7-15)13-18-20-14-21-26(20,4)27(21,5)23(18)29/h6-9,12-13,19-21H,10-11,14H2,1-5H3. The molecule has 0 spiro atoms. The molecular weight excluding hydrogens is 356 g/mol. The van der Waals surface area contributed by atoms with Crippen LogP contribution in [0.2, 0.25) is 0 Å². The van der Waals surface area contributed by atoms with Gasteiger partial charge in [-0.3, -0.25) is 9.59 Å². The SMILES string of the molecule is CC12CCC(C(=Cc3ccc(C=C4C(=O)C5(C)C6CC4C65C)cc3)C1=O)C2(C)C. The Bertz CT molecular complexity index is 1050. The minimum Gasteiger partial charge on any atom is -0.294 e. The monoisotopic (exact) mass is 386 g/mol. The maximum Gasteiger partial charge on any atom is 0.165 e. The topological polar surface area (TPSA) is 34.1 Å². The lowest BCUT2D eigenvalue weighted by Crippen LogP contribution is -2.32. The maximum atomic E-state index is 13.1. The quantitative estimate of drug-likeness (QED) is 0.609. The van der Waals surface area contributed by atoms with Gasteiger partial charge in [-0.25, -0.2) is 0 Å². The first-order valence-electron chi connectivity index (χ1n) is 11.2. The highest BCUT2D eigenvalue weighted by Gasteiger charge is 2.88. The van der Waals surface area contributed by atoms with Gasteiger partial charge in [-0.05, 0) is 76.7 Å². The molecule has 6 unspecified atom stereocenters. The summed E-state index contributed by atoms with van der Waals surface area (Å²) in [4.78, 5) is 26.0. The molecule has 0 heterocycles. The summed E-state index contributed by atoms with van der Waals surface area (Å²) in [5.74, 6) is 2.19. The molecule has 6 rings (SSSR count). The minimum absolute atomic E-state index is 0.0524. The van der Waals surface area contributed by atoms with Crippen LogP contribution in [0.15, 0.2) is 35.4 Å². The van der Waals surface area contributed by atoms with Gasteiger partial charge in [0.1, 0.15) is 0 Å². The Morgan fingerprint density at radius 2 is 1.38 bits per heavy atom. The molecule has 2 nitrogen and oxygen atoms in total. The van der Waals surface area contributed by atoms with Gasteiger partial charge in [0.2, 0.25) is 0 Å². The van der Waals surface area contributed by atoms with Gasteiger partial charge >= 0.3 is 0 Å². The molecule has 0 aromatic heterocycles. The highest BCUT2D eigenvalue weighted by molar-refractivity contribution is 6.12. The lowest BCUT2D eigenvalue weighted by atomic mass is 9.70. The van der Waals surface area contributed by atoms with Crippen molar-refractivity contribution < 1.29 is 9.59 Å². The highest BCUT2D eigenvalue weighted by Crippen LogP contribution is 2.89. The number of carbonyl (C=O) groups is 2. The molecule has 5 aliphatic rings. The number of allylic oxidation sites excluding steroid dienone is 2. The summed E-state index contributed by atoms with van der Waals surface area (Å²) in [5, 5.41) is 0.